The van der Waals surface area contributed by atoms with E-state index in [1.807, 2.05) is 0 Å². The molecule has 0 fully saturated rings. The van der Waals surface area contributed by atoms with Crippen molar-refractivity contribution in [2.45, 2.75) is 46.2 Å². The highest BCUT2D eigenvalue weighted by Gasteiger charge is 2.16. The van der Waals surface area contributed by atoms with Crippen molar-refractivity contribution in [2.24, 2.45) is 5.92 Å². The lowest BCUT2D eigenvalue weighted by Crippen LogP contribution is -2.43. The molecule has 0 spiro atoms. The Bertz CT molecular complexity index is 193. The molecule has 15 heavy (non-hydrogen) atoms. The normalized spacial score (nSPS) is 15.3. The molecular formula is C13H26N2. The fourth-order valence-corrected chi connectivity index (χ4v) is 1.78. The van der Waals surface area contributed by atoms with Crippen LogP contribution in [-0.2, 0) is 0 Å². The summed E-state index contributed by atoms with van der Waals surface area (Å²) in [6, 6.07) is 1.17. The molecule has 0 rings (SSSR count). The van der Waals surface area contributed by atoms with Crippen LogP contribution in [0, 0.1) is 18.3 Å². The first-order chi connectivity index (χ1) is 6.99. The van der Waals surface area contributed by atoms with Crippen LogP contribution in [0.1, 0.15) is 34.1 Å². The Morgan fingerprint density at radius 1 is 1.20 bits per heavy atom. The van der Waals surface area contributed by atoms with Crippen molar-refractivity contribution in [1.82, 2.24) is 10.2 Å². The number of hydrogen-bond donors (Lipinski definition) is 1. The molecule has 0 aromatic heterocycles. The monoisotopic (exact) mass is 210 g/mol. The molecule has 0 aliphatic carbocycles. The van der Waals surface area contributed by atoms with Crippen LogP contribution in [0.3, 0.4) is 0 Å². The molecule has 0 bridgehead atoms. The maximum atomic E-state index is 5.19. The van der Waals surface area contributed by atoms with Crippen LogP contribution < -0.4 is 5.32 Å². The fourth-order valence-electron chi connectivity index (χ4n) is 1.78. The van der Waals surface area contributed by atoms with Gasteiger partial charge in [-0.2, -0.15) is 0 Å². The smallest absolute Gasteiger partial charge is 0.0574 e. The fraction of sp³-hybridized carbons (Fsp3) is 0.846. The van der Waals surface area contributed by atoms with E-state index in [1.165, 1.54) is 6.42 Å². The Kier molecular flexibility index (Phi) is 7.46. The quantitative estimate of drug-likeness (QED) is 0.510. The minimum Gasteiger partial charge on any atom is -0.305 e. The lowest BCUT2D eigenvalue weighted by Gasteiger charge is -2.31. The Balaban J connectivity index is 3.86. The van der Waals surface area contributed by atoms with Gasteiger partial charge < -0.3 is 5.32 Å². The van der Waals surface area contributed by atoms with Crippen molar-refractivity contribution >= 4 is 0 Å². The van der Waals surface area contributed by atoms with E-state index in [0.717, 1.165) is 12.5 Å². The molecule has 0 aliphatic rings. The van der Waals surface area contributed by atoms with Gasteiger partial charge in [0.1, 0.15) is 0 Å². The Hall–Kier alpha value is -0.520. The summed E-state index contributed by atoms with van der Waals surface area (Å²) in [5.41, 5.74) is 0. The summed E-state index contributed by atoms with van der Waals surface area (Å²) in [6.45, 7) is 10.7. The van der Waals surface area contributed by atoms with E-state index in [2.05, 4.69) is 50.9 Å². The van der Waals surface area contributed by atoms with Gasteiger partial charge in [0.2, 0.25) is 0 Å². The van der Waals surface area contributed by atoms with Crippen LogP contribution in [0.15, 0.2) is 0 Å². The molecule has 0 amide bonds. The van der Waals surface area contributed by atoms with Crippen LogP contribution in [0.2, 0.25) is 0 Å². The van der Waals surface area contributed by atoms with Gasteiger partial charge in [-0.3, -0.25) is 4.90 Å². The summed E-state index contributed by atoms with van der Waals surface area (Å²) in [7, 11) is 2.19. The molecule has 0 radical (unpaired) electrons. The van der Waals surface area contributed by atoms with Crippen LogP contribution in [-0.4, -0.2) is 37.1 Å². The molecule has 2 nitrogen and oxygen atoms in total. The second-order valence-electron chi connectivity index (χ2n) is 4.83. The molecule has 2 heteroatoms. The molecule has 1 N–H and O–H groups in total. The molecular weight excluding hydrogens is 184 g/mol. The third-order valence-electron chi connectivity index (χ3n) is 2.87. The predicted molar refractivity (Wildman–Crippen MR) is 67.8 cm³/mol. The Morgan fingerprint density at radius 3 is 2.27 bits per heavy atom. The average molecular weight is 210 g/mol. The molecule has 2 atom stereocenters. The van der Waals surface area contributed by atoms with E-state index >= 15 is 0 Å². The van der Waals surface area contributed by atoms with Crippen molar-refractivity contribution < 1.29 is 0 Å². The molecule has 0 aromatic rings. The van der Waals surface area contributed by atoms with Crippen molar-refractivity contribution in [3.05, 3.63) is 0 Å². The van der Waals surface area contributed by atoms with Gasteiger partial charge in [-0.25, -0.2) is 0 Å². The zero-order valence-corrected chi connectivity index (χ0v) is 10.9. The largest absolute Gasteiger partial charge is 0.305 e. The SMILES string of the molecule is C#CCNCC(C)N(C)C(C)CC(C)C. The van der Waals surface area contributed by atoms with E-state index in [0.29, 0.717) is 18.6 Å². The number of likely N-dealkylation sites (N-methyl/N-ethyl adjacent to an activating group) is 1. The zero-order chi connectivity index (χ0) is 11.8. The summed E-state index contributed by atoms with van der Waals surface area (Å²) < 4.78 is 0. The Labute approximate surface area is 95.4 Å². The molecule has 0 saturated carbocycles. The molecule has 2 unspecified atom stereocenters. The lowest BCUT2D eigenvalue weighted by molar-refractivity contribution is 0.173. The number of hydrogen-bond acceptors (Lipinski definition) is 2. The van der Waals surface area contributed by atoms with Crippen molar-refractivity contribution in [2.75, 3.05) is 20.1 Å². The van der Waals surface area contributed by atoms with Gasteiger partial charge in [-0.05, 0) is 33.2 Å². The predicted octanol–water partition coefficient (Wildman–Crippen LogP) is 1.96. The summed E-state index contributed by atoms with van der Waals surface area (Å²) in [6.07, 6.45) is 6.44. The van der Waals surface area contributed by atoms with Crippen LogP contribution in [0.5, 0.6) is 0 Å². The molecule has 88 valence electrons. The molecule has 0 aliphatic heterocycles. The van der Waals surface area contributed by atoms with Gasteiger partial charge in [0.15, 0.2) is 0 Å². The van der Waals surface area contributed by atoms with Gasteiger partial charge in [0.05, 0.1) is 6.54 Å². The first kappa shape index (κ1) is 14.5. The van der Waals surface area contributed by atoms with Gasteiger partial charge in [0.25, 0.3) is 0 Å². The van der Waals surface area contributed by atoms with Crippen LogP contribution in [0.4, 0.5) is 0 Å². The zero-order valence-electron chi connectivity index (χ0n) is 10.9. The van der Waals surface area contributed by atoms with Crippen molar-refractivity contribution in [1.29, 1.82) is 0 Å². The van der Waals surface area contributed by atoms with Crippen LogP contribution in [0.25, 0.3) is 0 Å². The number of nitrogens with one attached hydrogen (secondary N) is 1. The average Bonchev–Trinajstić information content (AvgIpc) is 2.15. The highest BCUT2D eigenvalue weighted by atomic mass is 15.2. The van der Waals surface area contributed by atoms with Crippen molar-refractivity contribution in [3.8, 4) is 12.3 Å². The summed E-state index contributed by atoms with van der Waals surface area (Å²) >= 11 is 0. The number of terminal acetylenes is 1. The molecule has 0 heterocycles. The van der Waals surface area contributed by atoms with E-state index < -0.39 is 0 Å². The second-order valence-corrected chi connectivity index (χ2v) is 4.83. The molecule has 0 saturated heterocycles. The summed E-state index contributed by atoms with van der Waals surface area (Å²) in [5, 5.41) is 3.25. The van der Waals surface area contributed by atoms with E-state index in [9.17, 15) is 0 Å². The number of nitrogens with zero attached hydrogens (tertiary/aromatic N) is 1. The molecule has 0 aromatic carbocycles. The first-order valence-corrected chi connectivity index (χ1v) is 5.85. The number of rotatable bonds is 7. The van der Waals surface area contributed by atoms with Gasteiger partial charge >= 0.3 is 0 Å². The third-order valence-corrected chi connectivity index (χ3v) is 2.87. The summed E-state index contributed by atoms with van der Waals surface area (Å²) in [4.78, 5) is 2.42. The second kappa shape index (κ2) is 7.73. The maximum absolute atomic E-state index is 5.19. The summed E-state index contributed by atoms with van der Waals surface area (Å²) in [5.74, 6) is 3.35. The first-order valence-electron chi connectivity index (χ1n) is 5.85. The van der Waals surface area contributed by atoms with Crippen molar-refractivity contribution in [3.63, 3.8) is 0 Å². The van der Waals surface area contributed by atoms with Crippen LogP contribution >= 0.6 is 0 Å². The highest BCUT2D eigenvalue weighted by molar-refractivity contribution is 4.87. The van der Waals surface area contributed by atoms with Gasteiger partial charge in [-0.15, -0.1) is 6.42 Å². The van der Waals surface area contributed by atoms with E-state index in [1.54, 1.807) is 0 Å². The van der Waals surface area contributed by atoms with Gasteiger partial charge in [0, 0.05) is 18.6 Å². The minimum absolute atomic E-state index is 0.534. The third kappa shape index (κ3) is 6.54. The van der Waals surface area contributed by atoms with E-state index in [-0.39, 0.29) is 0 Å². The van der Waals surface area contributed by atoms with Gasteiger partial charge in [-0.1, -0.05) is 19.8 Å². The standard InChI is InChI=1S/C13H26N2/c1-7-8-14-10-13(5)15(6)12(4)9-11(2)3/h1,11-14H,8-10H2,2-6H3. The minimum atomic E-state index is 0.534. The maximum Gasteiger partial charge on any atom is 0.0574 e. The topological polar surface area (TPSA) is 15.3 Å². The lowest BCUT2D eigenvalue weighted by atomic mass is 10.0. The van der Waals surface area contributed by atoms with E-state index in [4.69, 9.17) is 6.42 Å². The Morgan fingerprint density at radius 2 is 1.80 bits per heavy atom. The highest BCUT2D eigenvalue weighted by Crippen LogP contribution is 2.11.